The zero-order valence-corrected chi connectivity index (χ0v) is 26.2. The number of allylic oxidation sites excluding steroid dienone is 2. The molecule has 0 rings (SSSR count). The van der Waals surface area contributed by atoms with E-state index in [9.17, 15) is 29.7 Å². The molecule has 0 radical (unpaired) electrons. The molecule has 0 bridgehead atoms. The number of rotatable bonds is 28. The second kappa shape index (κ2) is 23.8. The van der Waals surface area contributed by atoms with Crippen LogP contribution in [0.1, 0.15) is 156 Å². The van der Waals surface area contributed by atoms with Crippen molar-refractivity contribution in [2.24, 2.45) is 0 Å². The van der Waals surface area contributed by atoms with Crippen LogP contribution in [0.15, 0.2) is 12.2 Å². The Morgan fingerprint density at radius 1 is 0.500 bits per heavy atom. The van der Waals surface area contributed by atoms with Crippen LogP contribution in [-0.4, -0.2) is 62.4 Å². The molecule has 0 spiro atoms. The fourth-order valence-corrected chi connectivity index (χ4v) is 5.90. The zero-order valence-electron chi connectivity index (χ0n) is 26.2. The van der Waals surface area contributed by atoms with Gasteiger partial charge >= 0.3 is 17.9 Å². The summed E-state index contributed by atoms with van der Waals surface area (Å²) >= 11 is 0. The van der Waals surface area contributed by atoms with E-state index in [1.165, 1.54) is 117 Å². The van der Waals surface area contributed by atoms with Crippen molar-refractivity contribution in [1.29, 1.82) is 0 Å². The third-order valence-electron chi connectivity index (χ3n) is 8.79. The lowest BCUT2D eigenvalue weighted by Gasteiger charge is -2.47. The highest BCUT2D eigenvalue weighted by Crippen LogP contribution is 2.27. The number of unbranched alkanes of at least 4 members (excludes halogenated alkanes) is 18. The Bertz CT molecular complexity index is 657. The summed E-state index contributed by atoms with van der Waals surface area (Å²) < 4.78 is -0.479. The summed E-state index contributed by atoms with van der Waals surface area (Å²) in [6.07, 6.45) is 29.2. The fourth-order valence-electron chi connectivity index (χ4n) is 5.90. The minimum atomic E-state index is -1.17. The van der Waals surface area contributed by atoms with Crippen LogP contribution in [0.5, 0.6) is 0 Å². The van der Waals surface area contributed by atoms with Gasteiger partial charge in [-0.25, -0.2) is 14.4 Å². The van der Waals surface area contributed by atoms with Gasteiger partial charge in [0.05, 0.1) is 6.54 Å². The number of hydrogen-bond donors (Lipinski definition) is 3. The normalized spacial score (nSPS) is 15.5. The van der Waals surface area contributed by atoms with Crippen LogP contribution in [0.3, 0.4) is 0 Å². The Morgan fingerprint density at radius 3 is 1.07 bits per heavy atom. The van der Waals surface area contributed by atoms with Crippen LogP contribution in [0, 0.1) is 0 Å². The topological polar surface area (TPSA) is 112 Å². The molecule has 0 aliphatic rings. The molecule has 3 unspecified atom stereocenters. The lowest BCUT2D eigenvalue weighted by atomic mass is 10.00. The number of carboxylic acid groups (broad SMARTS) is 3. The first kappa shape index (κ1) is 38.1. The number of nitrogens with zero attached hydrogens (tertiary/aromatic N) is 1. The van der Waals surface area contributed by atoms with E-state index in [0.717, 1.165) is 25.7 Å². The number of aliphatic carboxylic acids is 3. The molecule has 7 nitrogen and oxygen atoms in total. The van der Waals surface area contributed by atoms with Crippen molar-refractivity contribution in [3.8, 4) is 0 Å². The Hall–Kier alpha value is -1.89. The van der Waals surface area contributed by atoms with E-state index < -0.39 is 40.5 Å². The summed E-state index contributed by atoms with van der Waals surface area (Å²) in [5, 5.41) is 29.0. The molecular formula is C33H62NO6+. The number of carboxylic acids is 3. The van der Waals surface area contributed by atoms with Gasteiger partial charge in [-0.3, -0.25) is 4.48 Å². The summed E-state index contributed by atoms with van der Waals surface area (Å²) in [5.41, 5.74) is 0. The Morgan fingerprint density at radius 2 is 0.775 bits per heavy atom. The third kappa shape index (κ3) is 15.8. The maximum Gasteiger partial charge on any atom is 0.362 e. The largest absolute Gasteiger partial charge is 0.477 e. The van der Waals surface area contributed by atoms with Gasteiger partial charge in [0.15, 0.2) is 18.1 Å². The second-order valence-corrected chi connectivity index (χ2v) is 11.8. The minimum Gasteiger partial charge on any atom is -0.477 e. The van der Waals surface area contributed by atoms with Crippen molar-refractivity contribution < 1.29 is 34.2 Å². The van der Waals surface area contributed by atoms with Crippen molar-refractivity contribution >= 4 is 17.9 Å². The molecule has 0 aromatic rings. The molecule has 0 amide bonds. The average Bonchev–Trinajstić information content (AvgIpc) is 2.92. The summed E-state index contributed by atoms with van der Waals surface area (Å²) in [4.78, 5) is 35.5. The molecule has 7 heteroatoms. The molecule has 0 aromatic heterocycles. The summed E-state index contributed by atoms with van der Waals surface area (Å²) in [6.45, 7) is 6.77. The van der Waals surface area contributed by atoms with E-state index in [-0.39, 0.29) is 6.54 Å². The van der Waals surface area contributed by atoms with Crippen LogP contribution in [0.25, 0.3) is 0 Å². The second-order valence-electron chi connectivity index (χ2n) is 11.8. The van der Waals surface area contributed by atoms with Crippen LogP contribution < -0.4 is 0 Å². The van der Waals surface area contributed by atoms with Crippen LogP contribution in [0.2, 0.25) is 0 Å². The van der Waals surface area contributed by atoms with Crippen molar-refractivity contribution in [3.63, 3.8) is 0 Å². The fraction of sp³-hybridized carbons (Fsp3) is 0.848. The van der Waals surface area contributed by atoms with E-state index in [2.05, 4.69) is 19.1 Å². The van der Waals surface area contributed by atoms with Gasteiger partial charge < -0.3 is 15.3 Å². The molecule has 0 aliphatic carbocycles. The maximum atomic E-state index is 11.8. The minimum absolute atomic E-state index is 0.223. The Labute approximate surface area is 245 Å². The van der Waals surface area contributed by atoms with Gasteiger partial charge in [0, 0.05) is 0 Å². The van der Waals surface area contributed by atoms with Gasteiger partial charge in [-0.2, -0.15) is 0 Å². The monoisotopic (exact) mass is 568 g/mol. The molecule has 0 saturated carbocycles. The summed E-state index contributed by atoms with van der Waals surface area (Å²) in [7, 11) is 0. The first-order chi connectivity index (χ1) is 19.1. The van der Waals surface area contributed by atoms with Gasteiger partial charge in [0.1, 0.15) is 0 Å². The zero-order chi connectivity index (χ0) is 30.2. The first-order valence-corrected chi connectivity index (χ1v) is 16.3. The molecule has 0 aliphatic heterocycles. The van der Waals surface area contributed by atoms with E-state index in [1.54, 1.807) is 0 Å². The molecule has 3 N–H and O–H groups in total. The van der Waals surface area contributed by atoms with Crippen molar-refractivity contribution in [2.75, 3.05) is 6.54 Å². The van der Waals surface area contributed by atoms with Gasteiger partial charge in [0.2, 0.25) is 0 Å². The van der Waals surface area contributed by atoms with Gasteiger partial charge in [-0.1, -0.05) is 109 Å². The molecule has 234 valence electrons. The van der Waals surface area contributed by atoms with E-state index in [4.69, 9.17) is 0 Å². The van der Waals surface area contributed by atoms with E-state index >= 15 is 0 Å². The van der Waals surface area contributed by atoms with Crippen LogP contribution >= 0.6 is 0 Å². The molecule has 0 heterocycles. The maximum absolute atomic E-state index is 11.8. The standard InChI is InChI=1S/C33H61NO6/c1-5-6-7-8-9-10-11-12-13-14-15-16-17-18-19-20-21-22-23-24-25-26-27-34(28(2)31(35)36,29(3)32(37)38)30(4)33(39)40/h15-16,28-30H,5-14,17-27H2,1-4H3,(H2-,35,36,37,38,39,40)/p+1/b16-15+. The van der Waals surface area contributed by atoms with Crippen LogP contribution in [0.4, 0.5) is 0 Å². The smallest absolute Gasteiger partial charge is 0.362 e. The Kier molecular flexibility index (Phi) is 22.7. The molecule has 0 aromatic carbocycles. The van der Waals surface area contributed by atoms with E-state index in [1.807, 2.05) is 0 Å². The Balaban J connectivity index is 4.00. The van der Waals surface area contributed by atoms with Crippen molar-refractivity contribution in [3.05, 3.63) is 12.2 Å². The molecule has 3 atom stereocenters. The van der Waals surface area contributed by atoms with Gasteiger partial charge in [-0.05, 0) is 59.3 Å². The van der Waals surface area contributed by atoms with E-state index in [0.29, 0.717) is 6.42 Å². The molecule has 40 heavy (non-hydrogen) atoms. The summed E-state index contributed by atoms with van der Waals surface area (Å²) in [5.74, 6) is -3.51. The quantitative estimate of drug-likeness (QED) is 0.0495. The van der Waals surface area contributed by atoms with Crippen molar-refractivity contribution in [1.82, 2.24) is 0 Å². The number of carbonyl (C=O) groups is 3. The lowest BCUT2D eigenvalue weighted by Crippen LogP contribution is -2.70. The highest BCUT2D eigenvalue weighted by atomic mass is 16.4. The van der Waals surface area contributed by atoms with Gasteiger partial charge in [-0.15, -0.1) is 0 Å². The number of hydrogen-bond acceptors (Lipinski definition) is 3. The average molecular weight is 569 g/mol. The molecular weight excluding hydrogens is 506 g/mol. The predicted octanol–water partition coefficient (Wildman–Crippen LogP) is 8.60. The van der Waals surface area contributed by atoms with Crippen LogP contribution in [-0.2, 0) is 14.4 Å². The highest BCUT2D eigenvalue weighted by Gasteiger charge is 2.52. The highest BCUT2D eigenvalue weighted by molar-refractivity contribution is 5.77. The molecule has 0 saturated heterocycles. The van der Waals surface area contributed by atoms with Crippen molar-refractivity contribution in [2.45, 2.75) is 174 Å². The lowest BCUT2D eigenvalue weighted by molar-refractivity contribution is -0.968. The third-order valence-corrected chi connectivity index (χ3v) is 8.79. The first-order valence-electron chi connectivity index (χ1n) is 16.3. The predicted molar refractivity (Wildman–Crippen MR) is 164 cm³/mol. The SMILES string of the molecule is CCCCCCCCCCC/C=C/CCCCCCCCCCC[N+](C(C)C(=O)O)(C(C)C(=O)O)C(C)C(=O)O. The number of quaternary nitrogens is 1. The summed E-state index contributed by atoms with van der Waals surface area (Å²) in [6, 6.07) is -3.37. The molecule has 0 fully saturated rings. The van der Waals surface area contributed by atoms with Gasteiger partial charge in [0.25, 0.3) is 0 Å².